The van der Waals surface area contributed by atoms with Crippen LogP contribution in [0.25, 0.3) is 12.2 Å². The van der Waals surface area contributed by atoms with Gasteiger partial charge in [-0.25, -0.2) is 14.4 Å². The van der Waals surface area contributed by atoms with Crippen molar-refractivity contribution in [2.24, 2.45) is 0 Å². The molecule has 7 N–H and O–H groups in total. The molecule has 12 nitrogen and oxygen atoms in total. The van der Waals surface area contributed by atoms with Gasteiger partial charge in [-0.2, -0.15) is 0 Å². The number of carbonyl (C=O) groups is 3. The summed E-state index contributed by atoms with van der Waals surface area (Å²) in [5.41, 5.74) is -1.84. The quantitative estimate of drug-likeness (QED) is 0.156. The lowest BCUT2D eigenvalue weighted by Crippen LogP contribution is -2.58. The van der Waals surface area contributed by atoms with E-state index < -0.39 is 66.2 Å². The molecule has 0 saturated heterocycles. The molecule has 0 spiro atoms. The van der Waals surface area contributed by atoms with E-state index in [2.05, 4.69) is 0 Å². The van der Waals surface area contributed by atoms with E-state index in [1.807, 2.05) is 0 Å². The van der Waals surface area contributed by atoms with E-state index in [0.717, 1.165) is 12.2 Å². The minimum absolute atomic E-state index is 0.319. The third kappa shape index (κ3) is 6.78. The van der Waals surface area contributed by atoms with Gasteiger partial charge in [0.1, 0.15) is 18.3 Å². The maximum Gasteiger partial charge on any atom is 0.335 e. The third-order valence-corrected chi connectivity index (χ3v) is 5.60. The van der Waals surface area contributed by atoms with Crippen LogP contribution in [0.2, 0.25) is 0 Å². The molecule has 1 saturated carbocycles. The van der Waals surface area contributed by atoms with Gasteiger partial charge in [0, 0.05) is 25.0 Å². The molecule has 0 aliphatic heterocycles. The van der Waals surface area contributed by atoms with Crippen LogP contribution >= 0.6 is 0 Å². The van der Waals surface area contributed by atoms with Crippen molar-refractivity contribution in [2.45, 2.75) is 36.8 Å². The molecule has 0 radical (unpaired) electrons. The molecule has 2 atom stereocenters. The normalized spacial score (nSPS) is 23.7. The van der Waals surface area contributed by atoms with E-state index in [4.69, 9.17) is 9.47 Å². The largest absolute Gasteiger partial charge is 0.504 e. The number of aliphatic hydroxyl groups excluding tert-OH is 1. The maximum atomic E-state index is 12.3. The molecule has 0 aromatic heterocycles. The number of rotatable bonds is 7. The summed E-state index contributed by atoms with van der Waals surface area (Å²) >= 11 is 0. The highest BCUT2D eigenvalue weighted by Crippen LogP contribution is 2.33. The fourth-order valence-corrected chi connectivity index (χ4v) is 3.62. The van der Waals surface area contributed by atoms with Gasteiger partial charge in [0.25, 0.3) is 0 Å². The summed E-state index contributed by atoms with van der Waals surface area (Å²) in [5, 5.41) is 68.3. The Morgan fingerprint density at radius 2 is 1.16 bits per heavy atom. The summed E-state index contributed by atoms with van der Waals surface area (Å²) in [6.45, 7) is 0. The van der Waals surface area contributed by atoms with Crippen molar-refractivity contribution in [3.8, 4) is 23.0 Å². The van der Waals surface area contributed by atoms with Crippen LogP contribution < -0.4 is 0 Å². The van der Waals surface area contributed by atoms with Crippen LogP contribution in [0.15, 0.2) is 48.6 Å². The Labute approximate surface area is 209 Å². The molecule has 0 amide bonds. The molecule has 1 aliphatic rings. The van der Waals surface area contributed by atoms with Gasteiger partial charge in [-0.1, -0.05) is 12.1 Å². The number of benzene rings is 2. The molecule has 0 heterocycles. The van der Waals surface area contributed by atoms with Crippen LogP contribution in [0.4, 0.5) is 0 Å². The van der Waals surface area contributed by atoms with Crippen LogP contribution in [-0.4, -0.2) is 77.6 Å². The molecule has 0 bridgehead atoms. The second kappa shape index (κ2) is 11.0. The second-order valence-corrected chi connectivity index (χ2v) is 8.35. The Balaban J connectivity index is 1.71. The average molecular weight is 516 g/mol. The minimum atomic E-state index is -2.48. The van der Waals surface area contributed by atoms with Crippen LogP contribution in [0.5, 0.6) is 23.0 Å². The van der Waals surface area contributed by atoms with E-state index >= 15 is 0 Å². The zero-order valence-electron chi connectivity index (χ0n) is 19.1. The van der Waals surface area contributed by atoms with Crippen molar-refractivity contribution in [1.29, 1.82) is 0 Å². The SMILES string of the molecule is O=C(C=Cc1ccc(O)c(O)c1)O[C@H]1CC(O)(C(=O)O)C[C@H](OC(=O)C=Cc2ccc(O)c(O)c2)C1O. The first-order chi connectivity index (χ1) is 17.4. The minimum Gasteiger partial charge on any atom is -0.504 e. The van der Waals surface area contributed by atoms with Gasteiger partial charge >= 0.3 is 17.9 Å². The summed E-state index contributed by atoms with van der Waals surface area (Å²) in [7, 11) is 0. The van der Waals surface area contributed by atoms with Crippen LogP contribution in [0, 0.1) is 0 Å². The smallest absolute Gasteiger partial charge is 0.335 e. The maximum absolute atomic E-state index is 12.3. The van der Waals surface area contributed by atoms with Gasteiger partial charge in [-0.15, -0.1) is 0 Å². The second-order valence-electron chi connectivity index (χ2n) is 8.35. The Morgan fingerprint density at radius 3 is 1.51 bits per heavy atom. The standard InChI is InChI=1S/C25H24O12/c26-15-5-1-13(9-17(15)28)3-7-21(30)36-19-11-25(35,24(33)34)12-20(23(19)32)37-22(31)8-4-14-2-6-16(27)18(29)10-14/h1-10,19-20,23,26-29,32,35H,11-12H2,(H,33,34)/t19-,20-,23?,25?/m0/s1. The Morgan fingerprint density at radius 1 is 0.757 bits per heavy atom. The fraction of sp³-hybridized carbons (Fsp3) is 0.240. The number of aliphatic hydroxyl groups is 2. The van der Waals surface area contributed by atoms with Crippen molar-refractivity contribution < 1.29 is 59.6 Å². The zero-order chi connectivity index (χ0) is 27.3. The number of carboxylic acids is 1. The first-order valence-electron chi connectivity index (χ1n) is 10.8. The number of hydrogen-bond acceptors (Lipinski definition) is 11. The number of phenols is 4. The van der Waals surface area contributed by atoms with E-state index in [0.29, 0.717) is 11.1 Å². The molecule has 2 aromatic rings. The summed E-state index contributed by atoms with van der Waals surface area (Å²) in [5.74, 6) is -5.31. The lowest BCUT2D eigenvalue weighted by molar-refractivity contribution is -0.203. The van der Waals surface area contributed by atoms with Gasteiger partial charge in [0.15, 0.2) is 28.6 Å². The highest BCUT2D eigenvalue weighted by molar-refractivity contribution is 5.88. The van der Waals surface area contributed by atoms with E-state index in [1.165, 1.54) is 48.6 Å². The lowest BCUT2D eigenvalue weighted by atomic mass is 9.79. The lowest BCUT2D eigenvalue weighted by Gasteiger charge is -2.40. The summed E-state index contributed by atoms with van der Waals surface area (Å²) < 4.78 is 10.2. The van der Waals surface area contributed by atoms with E-state index in [-0.39, 0.29) is 11.5 Å². The van der Waals surface area contributed by atoms with Crippen molar-refractivity contribution in [3.05, 3.63) is 59.7 Å². The van der Waals surface area contributed by atoms with Crippen LogP contribution in [0.1, 0.15) is 24.0 Å². The first kappa shape index (κ1) is 27.0. The van der Waals surface area contributed by atoms with Crippen LogP contribution in [0.3, 0.4) is 0 Å². The van der Waals surface area contributed by atoms with Gasteiger partial charge in [0.05, 0.1) is 0 Å². The number of carboxylic acid groups (broad SMARTS) is 1. The van der Waals surface area contributed by atoms with Gasteiger partial charge in [-0.3, -0.25) is 0 Å². The molecule has 2 aromatic carbocycles. The van der Waals surface area contributed by atoms with Crippen molar-refractivity contribution in [1.82, 2.24) is 0 Å². The molecule has 1 fully saturated rings. The molecule has 3 rings (SSSR count). The van der Waals surface area contributed by atoms with Crippen molar-refractivity contribution in [2.75, 3.05) is 0 Å². The molecule has 12 heteroatoms. The number of aliphatic carboxylic acids is 1. The van der Waals surface area contributed by atoms with Crippen molar-refractivity contribution >= 4 is 30.1 Å². The number of ether oxygens (including phenoxy) is 2. The zero-order valence-corrected chi connectivity index (χ0v) is 19.1. The molecular weight excluding hydrogens is 492 g/mol. The number of esters is 2. The number of aromatic hydroxyl groups is 4. The summed E-state index contributed by atoms with van der Waals surface area (Å²) in [6, 6.07) is 7.49. The average Bonchev–Trinajstić information content (AvgIpc) is 2.83. The first-order valence-corrected chi connectivity index (χ1v) is 10.8. The van der Waals surface area contributed by atoms with E-state index in [1.54, 1.807) is 0 Å². The highest BCUT2D eigenvalue weighted by Gasteiger charge is 2.52. The molecule has 196 valence electrons. The summed E-state index contributed by atoms with van der Waals surface area (Å²) in [4.78, 5) is 36.2. The highest BCUT2D eigenvalue weighted by atomic mass is 16.6. The van der Waals surface area contributed by atoms with Gasteiger partial charge in [0.2, 0.25) is 0 Å². The number of phenolic OH excluding ortho intramolecular Hbond substituents is 4. The molecule has 37 heavy (non-hydrogen) atoms. The fourth-order valence-electron chi connectivity index (χ4n) is 3.62. The Kier molecular flexibility index (Phi) is 8.05. The van der Waals surface area contributed by atoms with Crippen molar-refractivity contribution in [3.63, 3.8) is 0 Å². The monoisotopic (exact) mass is 516 g/mol. The predicted octanol–water partition coefficient (Wildman–Crippen LogP) is 1.03. The molecular formula is C25H24O12. The number of hydrogen-bond donors (Lipinski definition) is 7. The Bertz CT molecular complexity index is 1160. The third-order valence-electron chi connectivity index (χ3n) is 5.60. The van der Waals surface area contributed by atoms with Gasteiger partial charge < -0.3 is 45.2 Å². The summed E-state index contributed by atoms with van der Waals surface area (Å²) in [6.07, 6.45) is -1.86. The Hall–Kier alpha value is -4.55. The van der Waals surface area contributed by atoms with Crippen LogP contribution in [-0.2, 0) is 23.9 Å². The van der Waals surface area contributed by atoms with E-state index in [9.17, 15) is 50.1 Å². The number of carbonyl (C=O) groups excluding carboxylic acids is 2. The topological polar surface area (TPSA) is 211 Å². The van der Waals surface area contributed by atoms with Gasteiger partial charge in [-0.05, 0) is 47.5 Å². The predicted molar refractivity (Wildman–Crippen MR) is 125 cm³/mol. The molecule has 1 aliphatic carbocycles. The molecule has 0 unspecified atom stereocenters.